The summed E-state index contributed by atoms with van der Waals surface area (Å²) in [7, 11) is 0. The summed E-state index contributed by atoms with van der Waals surface area (Å²) in [6.07, 6.45) is 6.62. The smallest absolute Gasteiger partial charge is 0.127 e. The molecule has 2 nitrogen and oxygen atoms in total. The van der Waals surface area contributed by atoms with Crippen LogP contribution in [-0.4, -0.2) is 11.5 Å². The molecular weight excluding hydrogens is 276 g/mol. The highest BCUT2D eigenvalue weighted by atomic mass is 79.9. The Labute approximate surface area is 113 Å². The van der Waals surface area contributed by atoms with Crippen LogP contribution in [-0.2, 0) is 0 Å². The molecule has 0 spiro atoms. The summed E-state index contributed by atoms with van der Waals surface area (Å²) >= 11 is 3.37. The number of aromatic nitrogens is 1. The van der Waals surface area contributed by atoms with Gasteiger partial charge in [0.25, 0.3) is 0 Å². The van der Waals surface area contributed by atoms with Crippen LogP contribution in [0.25, 0.3) is 0 Å². The van der Waals surface area contributed by atoms with Gasteiger partial charge in [0.1, 0.15) is 10.4 Å². The van der Waals surface area contributed by atoms with Gasteiger partial charge in [0.2, 0.25) is 0 Å². The summed E-state index contributed by atoms with van der Waals surface area (Å²) in [6, 6.07) is 5.95. The van der Waals surface area contributed by atoms with E-state index in [2.05, 4.69) is 40.1 Å². The second kappa shape index (κ2) is 8.51. The fourth-order valence-corrected chi connectivity index (χ4v) is 2.10. The molecule has 0 atom stereocenters. The summed E-state index contributed by atoms with van der Waals surface area (Å²) in [5.74, 6) is 1.81. The Morgan fingerprint density at radius 1 is 1.18 bits per heavy atom. The molecule has 0 aliphatic heterocycles. The molecule has 0 saturated carbocycles. The van der Waals surface area contributed by atoms with Crippen molar-refractivity contribution in [2.75, 3.05) is 11.9 Å². The van der Waals surface area contributed by atoms with Gasteiger partial charge in [-0.2, -0.15) is 0 Å². The molecule has 0 amide bonds. The minimum absolute atomic E-state index is 0.846. The lowest BCUT2D eigenvalue weighted by Crippen LogP contribution is -2.03. The van der Waals surface area contributed by atoms with Crippen LogP contribution < -0.4 is 5.32 Å². The molecule has 1 N–H and O–H groups in total. The van der Waals surface area contributed by atoms with Gasteiger partial charge in [0.15, 0.2) is 0 Å². The lowest BCUT2D eigenvalue weighted by Gasteiger charge is -2.06. The Morgan fingerprint density at radius 3 is 2.65 bits per heavy atom. The monoisotopic (exact) mass is 298 g/mol. The van der Waals surface area contributed by atoms with Crippen molar-refractivity contribution >= 4 is 21.7 Å². The van der Waals surface area contributed by atoms with Crippen molar-refractivity contribution in [3.63, 3.8) is 0 Å². The number of nitrogens with zero attached hydrogens (tertiary/aromatic N) is 1. The third-order valence-corrected chi connectivity index (χ3v) is 3.17. The first-order valence-corrected chi connectivity index (χ1v) is 7.34. The Morgan fingerprint density at radius 2 is 1.94 bits per heavy atom. The van der Waals surface area contributed by atoms with E-state index < -0.39 is 0 Å². The molecule has 1 heterocycles. The van der Waals surface area contributed by atoms with Crippen molar-refractivity contribution in [2.24, 2.45) is 5.92 Å². The molecular formula is C14H23BrN2. The molecule has 1 aromatic rings. The van der Waals surface area contributed by atoms with E-state index in [0.717, 1.165) is 22.9 Å². The van der Waals surface area contributed by atoms with Gasteiger partial charge in [0.05, 0.1) is 0 Å². The largest absolute Gasteiger partial charge is 0.370 e. The molecule has 0 unspecified atom stereocenters. The second-order valence-electron chi connectivity index (χ2n) is 4.87. The standard InChI is InChI=1S/C14H23BrN2/c1-12(2)8-5-3-4-6-11-16-14-10-7-9-13(15)17-14/h7,9-10,12H,3-6,8,11H2,1-2H3,(H,16,17). The van der Waals surface area contributed by atoms with E-state index in [0.29, 0.717) is 0 Å². The predicted octanol–water partition coefficient (Wildman–Crippen LogP) is 4.86. The lowest BCUT2D eigenvalue weighted by atomic mass is 10.0. The molecule has 0 bridgehead atoms. The van der Waals surface area contributed by atoms with Gasteiger partial charge in [-0.1, -0.05) is 45.6 Å². The fourth-order valence-electron chi connectivity index (χ4n) is 1.75. The molecule has 3 heteroatoms. The number of unbranched alkanes of at least 4 members (excludes halogenated alkanes) is 3. The maximum Gasteiger partial charge on any atom is 0.127 e. The maximum absolute atomic E-state index is 4.34. The second-order valence-corrected chi connectivity index (χ2v) is 5.68. The molecule has 1 rings (SSSR count). The SMILES string of the molecule is CC(C)CCCCCCNc1cccc(Br)n1. The van der Waals surface area contributed by atoms with E-state index >= 15 is 0 Å². The lowest BCUT2D eigenvalue weighted by molar-refractivity contribution is 0.523. The Kier molecular flexibility index (Phi) is 7.25. The number of hydrogen-bond acceptors (Lipinski definition) is 2. The third kappa shape index (κ3) is 7.37. The number of nitrogens with one attached hydrogen (secondary N) is 1. The van der Waals surface area contributed by atoms with Gasteiger partial charge in [-0.3, -0.25) is 0 Å². The van der Waals surface area contributed by atoms with Crippen LogP contribution in [0, 0.1) is 5.92 Å². The minimum atomic E-state index is 0.846. The van der Waals surface area contributed by atoms with Gasteiger partial charge >= 0.3 is 0 Å². The Hall–Kier alpha value is -0.570. The van der Waals surface area contributed by atoms with Gasteiger partial charge in [0, 0.05) is 6.54 Å². The molecule has 0 fully saturated rings. The van der Waals surface area contributed by atoms with E-state index in [-0.39, 0.29) is 0 Å². The van der Waals surface area contributed by atoms with Crippen molar-refractivity contribution in [1.82, 2.24) is 4.98 Å². The van der Waals surface area contributed by atoms with Gasteiger partial charge in [-0.15, -0.1) is 0 Å². The molecule has 1 aromatic heterocycles. The van der Waals surface area contributed by atoms with Gasteiger partial charge in [-0.25, -0.2) is 4.98 Å². The van der Waals surface area contributed by atoms with Crippen molar-refractivity contribution in [3.05, 3.63) is 22.8 Å². The van der Waals surface area contributed by atoms with Crippen LogP contribution in [0.15, 0.2) is 22.8 Å². The first kappa shape index (κ1) is 14.5. The predicted molar refractivity (Wildman–Crippen MR) is 78.3 cm³/mol. The molecule has 0 radical (unpaired) electrons. The van der Waals surface area contributed by atoms with Crippen LogP contribution in [0.3, 0.4) is 0 Å². The normalized spacial score (nSPS) is 10.8. The van der Waals surface area contributed by atoms with E-state index in [1.54, 1.807) is 0 Å². The summed E-state index contributed by atoms with van der Waals surface area (Å²) in [5.41, 5.74) is 0. The highest BCUT2D eigenvalue weighted by molar-refractivity contribution is 9.10. The Bertz CT molecular complexity index is 313. The van der Waals surface area contributed by atoms with Crippen LogP contribution >= 0.6 is 15.9 Å². The topological polar surface area (TPSA) is 24.9 Å². The number of hydrogen-bond donors (Lipinski definition) is 1. The summed E-state index contributed by atoms with van der Waals surface area (Å²) in [4.78, 5) is 4.34. The average molecular weight is 299 g/mol. The number of halogens is 1. The average Bonchev–Trinajstić information content (AvgIpc) is 2.27. The third-order valence-electron chi connectivity index (χ3n) is 2.73. The molecule has 0 aliphatic carbocycles. The highest BCUT2D eigenvalue weighted by Gasteiger charge is 1.96. The van der Waals surface area contributed by atoms with E-state index in [1.807, 2.05) is 18.2 Å². The zero-order valence-electron chi connectivity index (χ0n) is 10.9. The Balaban J connectivity index is 2.01. The minimum Gasteiger partial charge on any atom is -0.370 e. The van der Waals surface area contributed by atoms with Crippen molar-refractivity contribution in [3.8, 4) is 0 Å². The molecule has 0 aliphatic rings. The van der Waals surface area contributed by atoms with Crippen LogP contribution in [0.4, 0.5) is 5.82 Å². The molecule has 17 heavy (non-hydrogen) atoms. The van der Waals surface area contributed by atoms with Crippen LogP contribution in [0.1, 0.15) is 46.0 Å². The van der Waals surface area contributed by atoms with Crippen LogP contribution in [0.2, 0.25) is 0 Å². The van der Waals surface area contributed by atoms with Crippen molar-refractivity contribution in [1.29, 1.82) is 0 Å². The summed E-state index contributed by atoms with van der Waals surface area (Å²) in [6.45, 7) is 5.60. The zero-order valence-corrected chi connectivity index (χ0v) is 12.5. The van der Waals surface area contributed by atoms with Crippen LogP contribution in [0.5, 0.6) is 0 Å². The number of rotatable bonds is 8. The van der Waals surface area contributed by atoms with Crippen molar-refractivity contribution in [2.45, 2.75) is 46.0 Å². The number of anilines is 1. The molecule has 96 valence electrons. The molecule has 0 saturated heterocycles. The van der Waals surface area contributed by atoms with E-state index in [1.165, 1.54) is 32.1 Å². The zero-order chi connectivity index (χ0) is 12.5. The van der Waals surface area contributed by atoms with Gasteiger partial charge in [-0.05, 0) is 40.4 Å². The van der Waals surface area contributed by atoms with E-state index in [9.17, 15) is 0 Å². The van der Waals surface area contributed by atoms with E-state index in [4.69, 9.17) is 0 Å². The first-order valence-electron chi connectivity index (χ1n) is 6.55. The number of pyridine rings is 1. The maximum atomic E-state index is 4.34. The fraction of sp³-hybridized carbons (Fsp3) is 0.643. The highest BCUT2D eigenvalue weighted by Crippen LogP contribution is 2.11. The van der Waals surface area contributed by atoms with Gasteiger partial charge < -0.3 is 5.32 Å². The first-order chi connectivity index (χ1) is 8.18. The summed E-state index contributed by atoms with van der Waals surface area (Å²) in [5, 5.41) is 3.34. The van der Waals surface area contributed by atoms with Crippen molar-refractivity contribution < 1.29 is 0 Å². The summed E-state index contributed by atoms with van der Waals surface area (Å²) < 4.78 is 0.888. The quantitative estimate of drug-likeness (QED) is 0.547. The molecule has 0 aromatic carbocycles.